The maximum absolute atomic E-state index is 12.5. The van der Waals surface area contributed by atoms with Crippen molar-refractivity contribution in [3.8, 4) is 0 Å². The van der Waals surface area contributed by atoms with E-state index >= 15 is 0 Å². The number of aliphatic hydroxyl groups excluding tert-OH is 1. The standard InChI is InChI=1S/C17H21N3O4S/c1-10-13(9-21)25-16(19-10)15(11-4-6-18-7-5-11)20-8-12(17(23)24)2-3-14(20)22/h2-3,8,11,15,18,21H,4-7,9H2,1H3,(H,23,24)/t15-/m1/s1. The molecule has 25 heavy (non-hydrogen) atoms. The van der Waals surface area contributed by atoms with E-state index < -0.39 is 5.97 Å². The lowest BCUT2D eigenvalue weighted by Gasteiger charge is -2.31. The van der Waals surface area contributed by atoms with E-state index in [0.717, 1.165) is 41.5 Å². The Labute approximate surface area is 149 Å². The molecule has 3 N–H and O–H groups in total. The smallest absolute Gasteiger partial charge is 0.337 e. The molecule has 0 unspecified atom stereocenters. The normalized spacial score (nSPS) is 16.7. The Kier molecular flexibility index (Phi) is 5.31. The van der Waals surface area contributed by atoms with Crippen LogP contribution in [0.15, 0.2) is 23.1 Å². The first-order valence-corrected chi connectivity index (χ1v) is 9.06. The van der Waals surface area contributed by atoms with E-state index in [4.69, 9.17) is 0 Å². The van der Waals surface area contributed by atoms with Crippen molar-refractivity contribution in [3.05, 3.63) is 49.8 Å². The lowest BCUT2D eigenvalue weighted by Crippen LogP contribution is -2.36. The van der Waals surface area contributed by atoms with Crippen LogP contribution in [0.2, 0.25) is 0 Å². The molecule has 0 aromatic carbocycles. The summed E-state index contributed by atoms with van der Waals surface area (Å²) in [6.45, 7) is 3.45. The molecule has 0 amide bonds. The summed E-state index contributed by atoms with van der Waals surface area (Å²) in [4.78, 5) is 29.2. The number of carboxylic acid groups (broad SMARTS) is 1. The third-order valence-corrected chi connectivity index (χ3v) is 5.83. The average molecular weight is 363 g/mol. The van der Waals surface area contributed by atoms with E-state index in [1.807, 2.05) is 6.92 Å². The number of aromatic nitrogens is 2. The quantitative estimate of drug-likeness (QED) is 0.742. The van der Waals surface area contributed by atoms with Gasteiger partial charge < -0.3 is 20.1 Å². The summed E-state index contributed by atoms with van der Waals surface area (Å²) in [7, 11) is 0. The van der Waals surface area contributed by atoms with Gasteiger partial charge in [-0.15, -0.1) is 11.3 Å². The number of aliphatic hydroxyl groups is 1. The van der Waals surface area contributed by atoms with Crippen LogP contribution in [-0.4, -0.2) is 38.8 Å². The van der Waals surface area contributed by atoms with Gasteiger partial charge in [-0.2, -0.15) is 0 Å². The van der Waals surface area contributed by atoms with E-state index in [1.165, 1.54) is 34.2 Å². The second-order valence-corrected chi connectivity index (χ2v) is 7.33. The molecule has 134 valence electrons. The van der Waals surface area contributed by atoms with E-state index in [-0.39, 0.29) is 29.7 Å². The summed E-state index contributed by atoms with van der Waals surface area (Å²) in [6, 6.07) is 2.30. The first-order valence-electron chi connectivity index (χ1n) is 8.24. The number of hydrogen-bond donors (Lipinski definition) is 3. The average Bonchev–Trinajstić information content (AvgIpc) is 2.98. The Balaban J connectivity index is 2.12. The van der Waals surface area contributed by atoms with Crippen LogP contribution in [0.25, 0.3) is 0 Å². The zero-order chi connectivity index (χ0) is 18.0. The minimum Gasteiger partial charge on any atom is -0.478 e. The number of thiazole rings is 1. The Bertz CT molecular complexity index is 824. The van der Waals surface area contributed by atoms with Gasteiger partial charge in [0.2, 0.25) is 0 Å². The Morgan fingerprint density at radius 3 is 2.76 bits per heavy atom. The molecule has 1 aliphatic rings. The molecule has 3 heterocycles. The number of hydrogen-bond acceptors (Lipinski definition) is 6. The van der Waals surface area contributed by atoms with Gasteiger partial charge in [-0.05, 0) is 44.8 Å². The van der Waals surface area contributed by atoms with E-state index in [1.54, 1.807) is 0 Å². The first-order chi connectivity index (χ1) is 12.0. The fraction of sp³-hybridized carbons (Fsp3) is 0.471. The number of aromatic carboxylic acids is 1. The van der Waals surface area contributed by atoms with E-state index in [2.05, 4.69) is 10.3 Å². The summed E-state index contributed by atoms with van der Waals surface area (Å²) >= 11 is 1.39. The fourth-order valence-corrected chi connectivity index (χ4v) is 4.40. The van der Waals surface area contributed by atoms with Crippen LogP contribution in [-0.2, 0) is 6.61 Å². The third kappa shape index (κ3) is 3.65. The highest BCUT2D eigenvalue weighted by Gasteiger charge is 2.30. The topological polar surface area (TPSA) is 104 Å². The van der Waals surface area contributed by atoms with Crippen molar-refractivity contribution in [2.24, 2.45) is 5.92 Å². The Morgan fingerprint density at radius 1 is 1.44 bits per heavy atom. The predicted molar refractivity (Wildman–Crippen MR) is 94.2 cm³/mol. The number of nitrogens with one attached hydrogen (secondary N) is 1. The van der Waals surface area contributed by atoms with Crippen LogP contribution in [0.5, 0.6) is 0 Å². The van der Waals surface area contributed by atoms with Gasteiger partial charge in [-0.3, -0.25) is 4.79 Å². The Hall–Kier alpha value is -2.03. The van der Waals surface area contributed by atoms with Gasteiger partial charge in [0.1, 0.15) is 5.01 Å². The van der Waals surface area contributed by atoms with Gasteiger partial charge in [0.25, 0.3) is 5.56 Å². The van der Waals surface area contributed by atoms with E-state index in [0.29, 0.717) is 0 Å². The molecule has 2 aromatic heterocycles. The van der Waals surface area contributed by atoms with Crippen LogP contribution in [0, 0.1) is 12.8 Å². The monoisotopic (exact) mass is 363 g/mol. The van der Waals surface area contributed by atoms with Crippen LogP contribution >= 0.6 is 11.3 Å². The van der Waals surface area contributed by atoms with Gasteiger partial charge >= 0.3 is 5.97 Å². The molecule has 3 rings (SSSR count). The lowest BCUT2D eigenvalue weighted by molar-refractivity contribution is 0.0695. The minimum absolute atomic E-state index is 0.0780. The summed E-state index contributed by atoms with van der Waals surface area (Å²) in [5.41, 5.74) is 0.588. The highest BCUT2D eigenvalue weighted by molar-refractivity contribution is 7.11. The number of piperidine rings is 1. The molecule has 0 saturated carbocycles. The third-order valence-electron chi connectivity index (χ3n) is 4.62. The lowest BCUT2D eigenvalue weighted by atomic mass is 9.90. The fourth-order valence-electron chi connectivity index (χ4n) is 3.28. The zero-order valence-corrected chi connectivity index (χ0v) is 14.8. The first kappa shape index (κ1) is 17.8. The van der Waals surface area contributed by atoms with Crippen LogP contribution < -0.4 is 10.9 Å². The number of nitrogens with zero attached hydrogens (tertiary/aromatic N) is 2. The second kappa shape index (κ2) is 7.47. The van der Waals surface area contributed by atoms with Crippen molar-refractivity contribution in [2.75, 3.05) is 13.1 Å². The summed E-state index contributed by atoms with van der Waals surface area (Å²) < 4.78 is 1.50. The molecule has 0 aliphatic carbocycles. The largest absolute Gasteiger partial charge is 0.478 e. The molecular formula is C17H21N3O4S. The van der Waals surface area contributed by atoms with Crippen molar-refractivity contribution in [2.45, 2.75) is 32.4 Å². The van der Waals surface area contributed by atoms with Crippen molar-refractivity contribution < 1.29 is 15.0 Å². The molecular weight excluding hydrogens is 342 g/mol. The summed E-state index contributed by atoms with van der Waals surface area (Å²) in [5.74, 6) is -0.885. The number of carboxylic acids is 1. The number of rotatable bonds is 5. The second-order valence-electron chi connectivity index (χ2n) is 6.22. The number of aryl methyl sites for hydroxylation is 1. The molecule has 1 atom stereocenters. The zero-order valence-electron chi connectivity index (χ0n) is 13.9. The molecule has 2 aromatic rings. The van der Waals surface area contributed by atoms with Crippen molar-refractivity contribution in [1.29, 1.82) is 0 Å². The molecule has 0 bridgehead atoms. The summed E-state index contributed by atoms with van der Waals surface area (Å²) in [6.07, 6.45) is 3.16. The van der Waals surface area contributed by atoms with Crippen LogP contribution in [0.4, 0.5) is 0 Å². The molecule has 0 radical (unpaired) electrons. The van der Waals surface area contributed by atoms with Gasteiger partial charge in [0.05, 0.1) is 28.8 Å². The minimum atomic E-state index is -1.07. The van der Waals surface area contributed by atoms with Crippen molar-refractivity contribution in [1.82, 2.24) is 14.9 Å². The van der Waals surface area contributed by atoms with Gasteiger partial charge in [-0.25, -0.2) is 9.78 Å². The molecule has 0 spiro atoms. The van der Waals surface area contributed by atoms with Crippen molar-refractivity contribution in [3.63, 3.8) is 0 Å². The SMILES string of the molecule is Cc1nc([C@@H](C2CCNCC2)n2cc(C(=O)O)ccc2=O)sc1CO. The highest BCUT2D eigenvalue weighted by Crippen LogP contribution is 2.35. The molecule has 1 fully saturated rings. The maximum atomic E-state index is 12.5. The predicted octanol–water partition coefficient (Wildman–Crippen LogP) is 1.39. The molecule has 1 aliphatic heterocycles. The van der Waals surface area contributed by atoms with Crippen LogP contribution in [0.3, 0.4) is 0 Å². The van der Waals surface area contributed by atoms with Gasteiger partial charge in [0.15, 0.2) is 0 Å². The highest BCUT2D eigenvalue weighted by atomic mass is 32.1. The van der Waals surface area contributed by atoms with Gasteiger partial charge in [0, 0.05) is 12.3 Å². The molecule has 1 saturated heterocycles. The van der Waals surface area contributed by atoms with Gasteiger partial charge in [-0.1, -0.05) is 0 Å². The van der Waals surface area contributed by atoms with Crippen LogP contribution in [0.1, 0.15) is 44.8 Å². The Morgan fingerprint density at radius 2 is 2.16 bits per heavy atom. The molecule has 8 heteroatoms. The summed E-state index contributed by atoms with van der Waals surface area (Å²) in [5, 5.41) is 22.8. The maximum Gasteiger partial charge on any atom is 0.337 e. The van der Waals surface area contributed by atoms with E-state index in [9.17, 15) is 19.8 Å². The van der Waals surface area contributed by atoms with Crippen molar-refractivity contribution >= 4 is 17.3 Å². The number of pyridine rings is 1. The molecule has 7 nitrogen and oxygen atoms in total. The number of carbonyl (C=O) groups is 1.